The van der Waals surface area contributed by atoms with Crippen molar-refractivity contribution in [2.45, 2.75) is 56.5 Å². The van der Waals surface area contributed by atoms with Gasteiger partial charge in [0.1, 0.15) is 0 Å². The van der Waals surface area contributed by atoms with Crippen LogP contribution in [0.5, 0.6) is 0 Å². The number of sulfonamides is 1. The van der Waals surface area contributed by atoms with E-state index in [9.17, 15) is 8.42 Å². The standard InChI is InChI=1S/C24H33N3O2S/c1-19-9-8-14-23(20(19)2)26-15-17-27(18-16-26)24-13-7-6-12-22(24)25-30(28,29)21-10-4-3-5-11-21/h3-5,8-11,14,22,24-25H,6-7,12-13,15-18H2,1-2H3/t22-,24+/m0/s1. The third-order valence-corrected chi connectivity index (χ3v) is 8.30. The lowest BCUT2D eigenvalue weighted by Crippen LogP contribution is -2.58. The van der Waals surface area contributed by atoms with Gasteiger partial charge in [0.05, 0.1) is 4.90 Å². The number of hydrogen-bond donors (Lipinski definition) is 1. The normalized spacial score (nSPS) is 23.5. The van der Waals surface area contributed by atoms with Crippen LogP contribution in [0.15, 0.2) is 53.4 Å². The molecule has 5 nitrogen and oxygen atoms in total. The van der Waals surface area contributed by atoms with Gasteiger partial charge in [-0.25, -0.2) is 13.1 Å². The molecule has 2 atom stereocenters. The van der Waals surface area contributed by atoms with E-state index in [1.807, 2.05) is 6.07 Å². The van der Waals surface area contributed by atoms with Crippen molar-refractivity contribution in [3.63, 3.8) is 0 Å². The fourth-order valence-electron chi connectivity index (χ4n) is 4.93. The van der Waals surface area contributed by atoms with E-state index in [0.29, 0.717) is 4.90 Å². The average molecular weight is 428 g/mol. The van der Waals surface area contributed by atoms with E-state index < -0.39 is 10.0 Å². The number of piperazine rings is 1. The van der Waals surface area contributed by atoms with Crippen LogP contribution in [0, 0.1) is 13.8 Å². The first-order valence-corrected chi connectivity index (χ1v) is 12.6. The molecule has 1 heterocycles. The highest BCUT2D eigenvalue weighted by Gasteiger charge is 2.34. The summed E-state index contributed by atoms with van der Waals surface area (Å²) in [6.07, 6.45) is 4.23. The molecule has 0 unspecified atom stereocenters. The van der Waals surface area contributed by atoms with Crippen molar-refractivity contribution in [3.05, 3.63) is 59.7 Å². The van der Waals surface area contributed by atoms with E-state index in [0.717, 1.165) is 45.4 Å². The van der Waals surface area contributed by atoms with Gasteiger partial charge in [-0.1, -0.05) is 43.2 Å². The van der Waals surface area contributed by atoms with E-state index in [-0.39, 0.29) is 12.1 Å². The Morgan fingerprint density at radius 1 is 0.867 bits per heavy atom. The monoisotopic (exact) mass is 427 g/mol. The molecule has 1 saturated carbocycles. The maximum Gasteiger partial charge on any atom is 0.240 e. The van der Waals surface area contributed by atoms with Gasteiger partial charge in [-0.2, -0.15) is 0 Å². The summed E-state index contributed by atoms with van der Waals surface area (Å²) in [5, 5.41) is 0. The summed E-state index contributed by atoms with van der Waals surface area (Å²) >= 11 is 0. The van der Waals surface area contributed by atoms with Gasteiger partial charge < -0.3 is 4.90 Å². The van der Waals surface area contributed by atoms with Crippen LogP contribution in [0.25, 0.3) is 0 Å². The second-order valence-electron chi connectivity index (χ2n) is 8.63. The van der Waals surface area contributed by atoms with Crippen LogP contribution >= 0.6 is 0 Å². The molecule has 2 aromatic carbocycles. The first-order valence-electron chi connectivity index (χ1n) is 11.1. The molecule has 1 saturated heterocycles. The summed E-state index contributed by atoms with van der Waals surface area (Å²) in [5.74, 6) is 0. The predicted molar refractivity (Wildman–Crippen MR) is 123 cm³/mol. The number of nitrogens with one attached hydrogen (secondary N) is 1. The van der Waals surface area contributed by atoms with Crippen LogP contribution in [-0.4, -0.2) is 51.6 Å². The fourth-order valence-corrected chi connectivity index (χ4v) is 6.25. The van der Waals surface area contributed by atoms with Crippen LogP contribution < -0.4 is 9.62 Å². The lowest BCUT2D eigenvalue weighted by molar-refractivity contribution is 0.124. The lowest BCUT2D eigenvalue weighted by Gasteiger charge is -2.45. The number of benzene rings is 2. The lowest BCUT2D eigenvalue weighted by atomic mass is 9.89. The van der Waals surface area contributed by atoms with Gasteiger partial charge in [0.2, 0.25) is 10.0 Å². The topological polar surface area (TPSA) is 52.6 Å². The highest BCUT2D eigenvalue weighted by Crippen LogP contribution is 2.28. The minimum atomic E-state index is -3.48. The van der Waals surface area contributed by atoms with Crippen LogP contribution in [0.1, 0.15) is 36.8 Å². The van der Waals surface area contributed by atoms with Gasteiger partial charge in [0, 0.05) is 44.0 Å². The third-order valence-electron chi connectivity index (χ3n) is 6.79. The number of rotatable bonds is 5. The molecule has 2 fully saturated rings. The highest BCUT2D eigenvalue weighted by molar-refractivity contribution is 7.89. The van der Waals surface area contributed by atoms with E-state index in [2.05, 4.69) is 46.6 Å². The van der Waals surface area contributed by atoms with Gasteiger partial charge in [0.25, 0.3) is 0 Å². The van der Waals surface area contributed by atoms with Crippen LogP contribution in [0.4, 0.5) is 5.69 Å². The van der Waals surface area contributed by atoms with Gasteiger partial charge in [-0.15, -0.1) is 0 Å². The maximum atomic E-state index is 12.9. The molecular formula is C24H33N3O2S. The molecule has 162 valence electrons. The van der Waals surface area contributed by atoms with Crippen molar-refractivity contribution >= 4 is 15.7 Å². The zero-order valence-electron chi connectivity index (χ0n) is 18.0. The first-order chi connectivity index (χ1) is 14.5. The summed E-state index contributed by atoms with van der Waals surface area (Å²) in [6.45, 7) is 8.29. The number of hydrogen-bond acceptors (Lipinski definition) is 4. The third kappa shape index (κ3) is 4.56. The SMILES string of the molecule is Cc1cccc(N2CCN([C@@H]3CCCC[C@@H]3NS(=O)(=O)c3ccccc3)CC2)c1C. The van der Waals surface area contributed by atoms with Crippen molar-refractivity contribution in [2.75, 3.05) is 31.1 Å². The van der Waals surface area contributed by atoms with Gasteiger partial charge >= 0.3 is 0 Å². The van der Waals surface area contributed by atoms with Crippen molar-refractivity contribution in [1.82, 2.24) is 9.62 Å². The van der Waals surface area contributed by atoms with E-state index in [1.54, 1.807) is 24.3 Å². The zero-order valence-corrected chi connectivity index (χ0v) is 18.9. The largest absolute Gasteiger partial charge is 0.369 e. The zero-order chi connectivity index (χ0) is 21.1. The Morgan fingerprint density at radius 2 is 1.57 bits per heavy atom. The van der Waals surface area contributed by atoms with Crippen LogP contribution in [0.2, 0.25) is 0 Å². The molecule has 6 heteroatoms. The molecule has 2 aromatic rings. The number of nitrogens with zero attached hydrogens (tertiary/aromatic N) is 2. The van der Waals surface area contributed by atoms with Crippen molar-refractivity contribution in [3.8, 4) is 0 Å². The minimum Gasteiger partial charge on any atom is -0.369 e. The average Bonchev–Trinajstić information content (AvgIpc) is 2.77. The Labute approximate surface area is 181 Å². The van der Waals surface area contributed by atoms with Gasteiger partial charge in [-0.05, 0) is 56.0 Å². The van der Waals surface area contributed by atoms with Gasteiger partial charge in [0.15, 0.2) is 0 Å². The van der Waals surface area contributed by atoms with Crippen molar-refractivity contribution in [2.24, 2.45) is 0 Å². The molecule has 0 bridgehead atoms. The first kappa shape index (κ1) is 21.3. The fraction of sp³-hybridized carbons (Fsp3) is 0.500. The highest BCUT2D eigenvalue weighted by atomic mass is 32.2. The van der Waals surface area contributed by atoms with E-state index in [1.165, 1.54) is 23.2 Å². The molecule has 30 heavy (non-hydrogen) atoms. The van der Waals surface area contributed by atoms with E-state index >= 15 is 0 Å². The molecule has 1 aliphatic heterocycles. The second kappa shape index (κ2) is 9.08. The Balaban J connectivity index is 1.43. The molecule has 2 aliphatic rings. The summed E-state index contributed by atoms with van der Waals surface area (Å²) in [6, 6.07) is 15.5. The molecule has 0 aromatic heterocycles. The molecule has 1 N–H and O–H groups in total. The smallest absolute Gasteiger partial charge is 0.240 e. The quantitative estimate of drug-likeness (QED) is 0.790. The second-order valence-corrected chi connectivity index (χ2v) is 10.3. The predicted octanol–water partition coefficient (Wildman–Crippen LogP) is 3.72. The molecule has 0 radical (unpaired) electrons. The van der Waals surface area contributed by atoms with Gasteiger partial charge in [-0.3, -0.25) is 4.90 Å². The summed E-state index contributed by atoms with van der Waals surface area (Å²) < 4.78 is 28.8. The molecule has 4 rings (SSSR count). The van der Waals surface area contributed by atoms with Crippen LogP contribution in [-0.2, 0) is 10.0 Å². The molecular weight excluding hydrogens is 394 g/mol. The molecule has 0 amide bonds. The molecule has 0 spiro atoms. The number of anilines is 1. The Morgan fingerprint density at radius 3 is 2.30 bits per heavy atom. The maximum absolute atomic E-state index is 12.9. The molecule has 1 aliphatic carbocycles. The Hall–Kier alpha value is -1.89. The number of aryl methyl sites for hydroxylation is 1. The Bertz CT molecular complexity index is 954. The summed E-state index contributed by atoms with van der Waals surface area (Å²) in [4.78, 5) is 5.35. The summed E-state index contributed by atoms with van der Waals surface area (Å²) in [5.41, 5.74) is 4.02. The van der Waals surface area contributed by atoms with Crippen molar-refractivity contribution < 1.29 is 8.42 Å². The van der Waals surface area contributed by atoms with Crippen molar-refractivity contribution in [1.29, 1.82) is 0 Å². The van der Waals surface area contributed by atoms with Crippen LogP contribution in [0.3, 0.4) is 0 Å². The summed E-state index contributed by atoms with van der Waals surface area (Å²) in [7, 11) is -3.48. The van der Waals surface area contributed by atoms with E-state index in [4.69, 9.17) is 0 Å². The minimum absolute atomic E-state index is 0.0174. The Kier molecular flexibility index (Phi) is 6.46.